The van der Waals surface area contributed by atoms with Crippen LogP contribution in [-0.4, -0.2) is 107 Å². The number of ether oxygens (including phenoxy) is 2. The van der Waals surface area contributed by atoms with Crippen LogP contribution in [0, 0.1) is 0 Å². The Labute approximate surface area is 313 Å². The molecule has 0 spiro atoms. The van der Waals surface area contributed by atoms with Gasteiger partial charge in [0.2, 0.25) is 5.91 Å². The van der Waals surface area contributed by atoms with E-state index in [1.165, 1.54) is 57.8 Å². The third-order valence-corrected chi connectivity index (χ3v) is 10.1. The summed E-state index contributed by atoms with van der Waals surface area (Å²) in [5, 5.41) is 55.0. The van der Waals surface area contributed by atoms with Gasteiger partial charge in [0, 0.05) is 0 Å². The Morgan fingerprint density at radius 1 is 0.750 bits per heavy atom. The number of rotatable bonds is 33. The first-order valence-electron chi connectivity index (χ1n) is 20.2. The van der Waals surface area contributed by atoms with Crippen molar-refractivity contribution in [2.75, 3.05) is 13.2 Å². The van der Waals surface area contributed by atoms with E-state index in [2.05, 4.69) is 35.5 Å². The summed E-state index contributed by atoms with van der Waals surface area (Å²) in [4.78, 5) is 13.0. The maximum absolute atomic E-state index is 13.0. The average molecular weight is 768 g/mol. The zero-order valence-corrected chi connectivity index (χ0v) is 32.8. The van der Waals surface area contributed by atoms with Crippen LogP contribution in [-0.2, 0) is 28.9 Å². The van der Waals surface area contributed by atoms with Crippen molar-refractivity contribution in [3.63, 3.8) is 0 Å². The third-order valence-electron chi connectivity index (χ3n) is 9.68. The van der Waals surface area contributed by atoms with E-state index in [0.717, 1.165) is 64.2 Å². The van der Waals surface area contributed by atoms with Crippen molar-refractivity contribution in [1.29, 1.82) is 0 Å². The molecule has 0 aromatic heterocycles. The van der Waals surface area contributed by atoms with Crippen LogP contribution in [0.3, 0.4) is 0 Å². The second-order valence-electron chi connectivity index (χ2n) is 14.4. The Morgan fingerprint density at radius 2 is 1.23 bits per heavy atom. The summed E-state index contributed by atoms with van der Waals surface area (Å²) in [6.07, 6.45) is 17.1. The molecule has 0 radical (unpaired) electrons. The highest BCUT2D eigenvalue weighted by Crippen LogP contribution is 2.26. The maximum atomic E-state index is 13.0. The van der Waals surface area contributed by atoms with Gasteiger partial charge in [0.25, 0.3) is 0 Å². The highest BCUT2D eigenvalue weighted by atomic mass is 32.3. The van der Waals surface area contributed by atoms with Gasteiger partial charge in [-0.2, -0.15) is 8.42 Å². The van der Waals surface area contributed by atoms with Crippen molar-refractivity contribution in [2.45, 2.75) is 210 Å². The van der Waals surface area contributed by atoms with Crippen LogP contribution in [0.4, 0.5) is 0 Å². The minimum absolute atomic E-state index is 0.254. The van der Waals surface area contributed by atoms with Gasteiger partial charge in [-0.25, -0.2) is 4.18 Å². The summed E-state index contributed by atoms with van der Waals surface area (Å²) in [5.74, 6) is -0.678. The molecule has 0 saturated carbocycles. The lowest BCUT2D eigenvalue weighted by atomic mass is 9.99. The van der Waals surface area contributed by atoms with Crippen molar-refractivity contribution >= 4 is 16.3 Å². The molecule has 0 aliphatic carbocycles. The van der Waals surface area contributed by atoms with Crippen LogP contribution < -0.4 is 5.32 Å². The van der Waals surface area contributed by atoms with E-state index in [9.17, 15) is 38.7 Å². The van der Waals surface area contributed by atoms with E-state index in [1.807, 2.05) is 0 Å². The summed E-state index contributed by atoms with van der Waals surface area (Å²) in [5.41, 5.74) is 0. The predicted molar refractivity (Wildman–Crippen MR) is 201 cm³/mol. The molecule has 1 aliphatic rings. The zero-order chi connectivity index (χ0) is 38.6. The van der Waals surface area contributed by atoms with E-state index in [4.69, 9.17) is 14.0 Å². The fraction of sp³-hybridized carbons (Fsp3) is 0.921. The van der Waals surface area contributed by atoms with Gasteiger partial charge in [-0.15, -0.1) is 0 Å². The summed E-state index contributed by atoms with van der Waals surface area (Å²) in [7, 11) is -5.10. The molecular weight excluding hydrogens is 694 g/mol. The van der Waals surface area contributed by atoms with E-state index < -0.39 is 78.5 Å². The smallest absolute Gasteiger partial charge is 0.394 e. The van der Waals surface area contributed by atoms with Crippen LogP contribution in [0.15, 0.2) is 12.2 Å². The molecule has 1 saturated heterocycles. The summed E-state index contributed by atoms with van der Waals surface area (Å²) in [6, 6.07) is -1.03. The lowest BCUT2D eigenvalue weighted by molar-refractivity contribution is -0.298. The molecule has 0 aromatic rings. The first-order chi connectivity index (χ1) is 24.9. The van der Waals surface area contributed by atoms with Crippen LogP contribution in [0.5, 0.6) is 0 Å². The van der Waals surface area contributed by atoms with E-state index >= 15 is 0 Å². The Kier molecular flexibility index (Phi) is 28.2. The van der Waals surface area contributed by atoms with Crippen molar-refractivity contribution in [1.82, 2.24) is 5.32 Å². The van der Waals surface area contributed by atoms with Crippen LogP contribution in [0.2, 0.25) is 0 Å². The maximum Gasteiger partial charge on any atom is 0.397 e. The topological polar surface area (TPSA) is 212 Å². The molecule has 0 bridgehead atoms. The number of allylic oxidation sites excluding steroid dienone is 2. The second-order valence-corrected chi connectivity index (χ2v) is 15.4. The molecule has 0 aromatic carbocycles. The molecule has 8 unspecified atom stereocenters. The normalized spacial score (nSPS) is 22.8. The van der Waals surface area contributed by atoms with E-state index in [-0.39, 0.29) is 6.42 Å². The van der Waals surface area contributed by atoms with Gasteiger partial charge in [-0.1, -0.05) is 135 Å². The standard InChI is InChI=1S/C38H73NO12S/c1-3-5-7-9-11-13-14-15-16-17-19-21-23-25-27-32(42)37(45)39-30(31(41)26-24-22-20-18-12-10-8-6-4-2)29-49-38-35(44)36(51-52(46,47)48)34(43)33(28-40)50-38/h13-14,30-36,38,40-44H,3-12,15-29H2,1-2H3,(H,39,45)(H,46,47,48)/b14-13-. The minimum atomic E-state index is -5.10. The third kappa shape index (κ3) is 22.9. The second kappa shape index (κ2) is 30.1. The summed E-state index contributed by atoms with van der Waals surface area (Å²) in [6.45, 7) is 3.19. The van der Waals surface area contributed by atoms with Gasteiger partial charge >= 0.3 is 10.4 Å². The van der Waals surface area contributed by atoms with Crippen molar-refractivity contribution < 1.29 is 57.0 Å². The average Bonchev–Trinajstić information content (AvgIpc) is 3.11. The van der Waals surface area contributed by atoms with Gasteiger partial charge in [-0.05, 0) is 38.5 Å². The number of carbonyl (C=O) groups is 1. The monoisotopic (exact) mass is 767 g/mol. The molecule has 1 aliphatic heterocycles. The number of nitrogens with one attached hydrogen (secondary N) is 1. The quantitative estimate of drug-likeness (QED) is 0.0254. The molecule has 13 nitrogen and oxygen atoms in total. The molecule has 1 rings (SSSR count). The minimum Gasteiger partial charge on any atom is -0.394 e. The van der Waals surface area contributed by atoms with Crippen molar-refractivity contribution in [2.24, 2.45) is 0 Å². The van der Waals surface area contributed by atoms with Crippen LogP contribution >= 0.6 is 0 Å². The Hall–Kier alpha value is -1.20. The first kappa shape index (κ1) is 48.8. The number of aliphatic hydroxyl groups excluding tert-OH is 5. The molecule has 8 atom stereocenters. The Morgan fingerprint density at radius 3 is 1.75 bits per heavy atom. The molecule has 1 fully saturated rings. The van der Waals surface area contributed by atoms with Gasteiger partial charge in [-0.3, -0.25) is 9.35 Å². The fourth-order valence-electron chi connectivity index (χ4n) is 6.40. The Balaban J connectivity index is 2.63. The fourth-order valence-corrected chi connectivity index (χ4v) is 6.91. The van der Waals surface area contributed by atoms with Crippen molar-refractivity contribution in [3.05, 3.63) is 12.2 Å². The lowest BCUT2D eigenvalue weighted by Gasteiger charge is -2.41. The number of hydrogen-bond donors (Lipinski definition) is 7. The zero-order valence-electron chi connectivity index (χ0n) is 32.0. The van der Waals surface area contributed by atoms with Crippen molar-refractivity contribution in [3.8, 4) is 0 Å². The highest BCUT2D eigenvalue weighted by Gasteiger charge is 2.48. The number of amides is 1. The van der Waals surface area contributed by atoms with Gasteiger partial charge < -0.3 is 40.3 Å². The molecule has 1 amide bonds. The number of unbranched alkanes of at least 4 members (excludes halogenated alkanes) is 18. The van der Waals surface area contributed by atoms with Crippen LogP contribution in [0.1, 0.15) is 162 Å². The first-order valence-corrected chi connectivity index (χ1v) is 21.5. The highest BCUT2D eigenvalue weighted by molar-refractivity contribution is 7.80. The molecular formula is C38H73NO12S. The SMILES string of the molecule is CCCCCC/C=C\CCCCCCCCC(O)C(=O)NC(COC1OC(CO)C(O)C(OS(=O)(=O)O)C1O)C(O)CCCCCCCCCCC. The van der Waals surface area contributed by atoms with Gasteiger partial charge in [0.15, 0.2) is 6.29 Å². The molecule has 14 heteroatoms. The Bertz CT molecular complexity index is 1020. The van der Waals surface area contributed by atoms with Gasteiger partial charge in [0.05, 0.1) is 25.4 Å². The largest absolute Gasteiger partial charge is 0.397 e. The van der Waals surface area contributed by atoms with E-state index in [0.29, 0.717) is 19.3 Å². The lowest BCUT2D eigenvalue weighted by Crippen LogP contribution is -2.61. The molecule has 1 heterocycles. The predicted octanol–water partition coefficient (Wildman–Crippen LogP) is 5.40. The summed E-state index contributed by atoms with van der Waals surface area (Å²) >= 11 is 0. The number of hydrogen-bond acceptors (Lipinski definition) is 11. The summed E-state index contributed by atoms with van der Waals surface area (Å²) < 4.78 is 47.3. The molecule has 7 N–H and O–H groups in total. The number of carbonyl (C=O) groups excluding carboxylic acids is 1. The molecule has 308 valence electrons. The number of aliphatic hydroxyl groups is 5. The van der Waals surface area contributed by atoms with Crippen LogP contribution in [0.25, 0.3) is 0 Å². The van der Waals surface area contributed by atoms with Gasteiger partial charge in [0.1, 0.15) is 30.5 Å². The molecule has 52 heavy (non-hydrogen) atoms. The van der Waals surface area contributed by atoms with E-state index in [1.54, 1.807) is 0 Å².